The van der Waals surface area contributed by atoms with E-state index in [9.17, 15) is 0 Å². The molecule has 0 amide bonds. The van der Waals surface area contributed by atoms with Gasteiger partial charge in [0.1, 0.15) is 0 Å². The van der Waals surface area contributed by atoms with Gasteiger partial charge in [-0.1, -0.05) is 338 Å². The predicted octanol–water partition coefficient (Wildman–Crippen LogP) is 27.8. The third-order valence-corrected chi connectivity index (χ3v) is 24.0. The quantitative estimate of drug-likeness (QED) is 0.0901. The topological polar surface area (TPSA) is 54.4 Å². The molecule has 0 saturated carbocycles. The van der Waals surface area contributed by atoms with Gasteiger partial charge in [0.25, 0.3) is 6.71 Å². The average Bonchev–Trinajstić information content (AvgIpc) is 0.797. The molecule has 2 aliphatic heterocycles. The lowest BCUT2D eigenvalue weighted by Crippen LogP contribution is -2.61. The van der Waals surface area contributed by atoms with Crippen molar-refractivity contribution in [1.29, 1.82) is 0 Å². The second-order valence-corrected chi connectivity index (χ2v) is 36.0. The van der Waals surface area contributed by atoms with Crippen LogP contribution in [0.4, 0.5) is 39.8 Å². The van der Waals surface area contributed by atoms with E-state index in [0.29, 0.717) is 28.7 Å². The standard InChI is InChI=1S/C110H92BN7/c1-107(2,3)84-57-81(58-85(67-84)108(4,5)6)79-45-54-99-94(63-79)111-95-64-80(82-59-86(109(7,8)9)68-87(60-82)110(10,11)12)46-55-100(95)117(90-50-41-74(42-51-90)71-31-21-15-22-32-71)102-66-83(65-101(103(102)111)116(99)89-48-39-73(40-49-89)70-29-19-14-20-30-70)78-44-53-97-92(62-78)91-61-77(72-33-23-16-24-34-72)43-52-96(91)118(97)98-56-47-88(112-13)69-93(98)106-114-104(75-35-25-17-26-36-75)113-105(115-106)76-37-27-18-28-38-76/h14-69H,1-12H3. The van der Waals surface area contributed by atoms with Gasteiger partial charge in [0.05, 0.1) is 23.3 Å². The second-order valence-electron chi connectivity index (χ2n) is 36.0. The Balaban J connectivity index is 0.896. The van der Waals surface area contributed by atoms with Gasteiger partial charge in [-0.25, -0.2) is 19.8 Å². The maximum atomic E-state index is 8.49. The molecule has 570 valence electrons. The molecule has 19 rings (SSSR count). The van der Waals surface area contributed by atoms with Crippen molar-refractivity contribution in [2.45, 2.75) is 105 Å². The van der Waals surface area contributed by atoms with Crippen molar-refractivity contribution in [3.05, 3.63) is 373 Å². The van der Waals surface area contributed by atoms with Crippen LogP contribution in [0.15, 0.2) is 340 Å². The molecule has 0 unspecified atom stereocenters. The van der Waals surface area contributed by atoms with Gasteiger partial charge in [-0.3, -0.25) is 0 Å². The number of anilines is 6. The van der Waals surface area contributed by atoms with Crippen LogP contribution < -0.4 is 26.2 Å². The van der Waals surface area contributed by atoms with Gasteiger partial charge in [0.15, 0.2) is 23.2 Å². The first kappa shape index (κ1) is 74.4. The summed E-state index contributed by atoms with van der Waals surface area (Å²) in [6, 6.07) is 125. The van der Waals surface area contributed by atoms with Gasteiger partial charge >= 0.3 is 0 Å². The van der Waals surface area contributed by atoms with Crippen LogP contribution in [0.5, 0.6) is 0 Å². The first-order chi connectivity index (χ1) is 56.9. The molecule has 15 aromatic carbocycles. The highest BCUT2D eigenvalue weighted by Gasteiger charge is 2.45. The summed E-state index contributed by atoms with van der Waals surface area (Å²) in [7, 11) is 0. The van der Waals surface area contributed by atoms with Crippen molar-refractivity contribution >= 4 is 84.7 Å². The summed E-state index contributed by atoms with van der Waals surface area (Å²) >= 11 is 0. The molecule has 0 fully saturated rings. The van der Waals surface area contributed by atoms with Crippen molar-refractivity contribution in [2.24, 2.45) is 0 Å². The summed E-state index contributed by atoms with van der Waals surface area (Å²) in [4.78, 5) is 25.0. The van der Waals surface area contributed by atoms with E-state index in [4.69, 9.17) is 21.5 Å². The van der Waals surface area contributed by atoms with E-state index in [1.807, 2.05) is 72.8 Å². The lowest BCUT2D eigenvalue weighted by molar-refractivity contribution is 0.568. The van der Waals surface area contributed by atoms with Crippen LogP contribution in [0.2, 0.25) is 0 Å². The molecule has 0 saturated heterocycles. The summed E-state index contributed by atoms with van der Waals surface area (Å²) in [5, 5.41) is 2.14. The molecule has 2 aliphatic rings. The molecular weight excluding hydrogens is 1430 g/mol. The van der Waals surface area contributed by atoms with Gasteiger partial charge < -0.3 is 14.4 Å². The molecule has 17 aromatic rings. The van der Waals surface area contributed by atoms with Crippen LogP contribution >= 0.6 is 0 Å². The Labute approximate surface area is 694 Å². The van der Waals surface area contributed by atoms with Crippen LogP contribution in [0.3, 0.4) is 0 Å². The Morgan fingerprint density at radius 3 is 0.958 bits per heavy atom. The normalized spacial score (nSPS) is 12.7. The van der Waals surface area contributed by atoms with E-state index < -0.39 is 0 Å². The fraction of sp³-hybridized carbons (Fsp3) is 0.145. The second kappa shape index (κ2) is 28.9. The molecule has 0 aliphatic carbocycles. The Bertz CT molecular complexity index is 6460. The Morgan fingerprint density at radius 2 is 0.576 bits per heavy atom. The average molecular weight is 1520 g/mol. The SMILES string of the molecule is [C-]#[N+]c1ccc(-n2c3ccc(-c4ccccc4)cc3c3cc(-c4cc5c6c(c4)N(c4ccc(-c7ccccc7)cc4)c4ccc(-c7cc(C(C)(C)C)cc(C(C)(C)C)c7)cc4B6c4cc(-c6cc(C(C)(C)C)cc(C(C)(C)C)c6)ccc4N5c4ccc(-c5ccccc5)cc4)ccc32)c(-c2nc(-c3ccccc3)nc(-c3ccccc3)n2)c1. The molecule has 0 N–H and O–H groups in total. The zero-order chi connectivity index (χ0) is 81.1. The van der Waals surface area contributed by atoms with E-state index in [1.165, 1.54) is 60.9 Å². The van der Waals surface area contributed by atoms with Crippen LogP contribution in [0.25, 0.3) is 133 Å². The lowest BCUT2D eigenvalue weighted by Gasteiger charge is -2.45. The molecule has 118 heavy (non-hydrogen) atoms. The third-order valence-electron chi connectivity index (χ3n) is 24.0. The number of hydrogen-bond donors (Lipinski definition) is 0. The molecule has 0 radical (unpaired) electrons. The minimum absolute atomic E-state index is 0.101. The van der Waals surface area contributed by atoms with E-state index in [2.05, 4.69) is 369 Å². The molecule has 2 aromatic heterocycles. The van der Waals surface area contributed by atoms with Crippen molar-refractivity contribution in [1.82, 2.24) is 19.5 Å². The zero-order valence-corrected chi connectivity index (χ0v) is 69.0. The number of hydrogen-bond acceptors (Lipinski definition) is 5. The number of fused-ring (bicyclic) bond motifs is 7. The minimum atomic E-state index is -0.248. The van der Waals surface area contributed by atoms with Gasteiger partial charge in [0.2, 0.25) is 0 Å². The molecule has 0 bridgehead atoms. The van der Waals surface area contributed by atoms with E-state index in [0.717, 1.165) is 117 Å². The highest BCUT2D eigenvalue weighted by atomic mass is 15.2. The Hall–Kier alpha value is -13.7. The third kappa shape index (κ3) is 13.6. The van der Waals surface area contributed by atoms with E-state index in [-0.39, 0.29) is 28.4 Å². The monoisotopic (exact) mass is 1520 g/mol. The Morgan fingerprint density at radius 1 is 0.263 bits per heavy atom. The molecule has 4 heterocycles. The van der Waals surface area contributed by atoms with Crippen molar-refractivity contribution < 1.29 is 0 Å². The lowest BCUT2D eigenvalue weighted by atomic mass is 9.33. The molecule has 8 heteroatoms. The highest BCUT2D eigenvalue weighted by molar-refractivity contribution is 7.00. The summed E-state index contributed by atoms with van der Waals surface area (Å²) in [6.07, 6.45) is 0. The first-order valence-electron chi connectivity index (χ1n) is 41.2. The maximum Gasteiger partial charge on any atom is 0.252 e. The number of benzene rings is 15. The molecule has 7 nitrogen and oxygen atoms in total. The number of nitrogens with zero attached hydrogens (tertiary/aromatic N) is 7. The van der Waals surface area contributed by atoms with E-state index >= 15 is 0 Å². The van der Waals surface area contributed by atoms with Crippen LogP contribution in [-0.4, -0.2) is 26.2 Å². The fourth-order valence-electron chi connectivity index (χ4n) is 17.4. The number of rotatable bonds is 12. The van der Waals surface area contributed by atoms with Crippen LogP contribution in [0, 0.1) is 6.57 Å². The van der Waals surface area contributed by atoms with Gasteiger partial charge in [-0.05, 0) is 212 Å². The molecule has 0 atom stereocenters. The van der Waals surface area contributed by atoms with Crippen molar-refractivity contribution in [3.63, 3.8) is 0 Å². The first-order valence-corrected chi connectivity index (χ1v) is 41.2. The highest BCUT2D eigenvalue weighted by Crippen LogP contribution is 2.50. The molecule has 0 spiro atoms. The van der Waals surface area contributed by atoms with Crippen LogP contribution in [0.1, 0.15) is 105 Å². The predicted molar refractivity (Wildman–Crippen MR) is 498 cm³/mol. The van der Waals surface area contributed by atoms with Gasteiger partial charge in [0, 0.05) is 61.6 Å². The van der Waals surface area contributed by atoms with Crippen molar-refractivity contribution in [3.8, 4) is 107 Å². The largest absolute Gasteiger partial charge is 0.311 e. The maximum absolute atomic E-state index is 8.49. The minimum Gasteiger partial charge on any atom is -0.311 e. The summed E-state index contributed by atoms with van der Waals surface area (Å²) in [5.74, 6) is 1.54. The van der Waals surface area contributed by atoms with Gasteiger partial charge in [-0.15, -0.1) is 0 Å². The molecular formula is C110H92BN7. The van der Waals surface area contributed by atoms with Crippen molar-refractivity contribution in [2.75, 3.05) is 9.80 Å². The van der Waals surface area contributed by atoms with Crippen LogP contribution in [-0.2, 0) is 21.7 Å². The zero-order valence-electron chi connectivity index (χ0n) is 69.0. The van der Waals surface area contributed by atoms with E-state index in [1.54, 1.807) is 0 Å². The number of aromatic nitrogens is 4. The summed E-state index contributed by atoms with van der Waals surface area (Å²) in [6.45, 7) is 36.3. The summed E-state index contributed by atoms with van der Waals surface area (Å²) in [5.41, 5.74) is 34.6. The fourth-order valence-corrected chi connectivity index (χ4v) is 17.4. The van der Waals surface area contributed by atoms with Gasteiger partial charge in [-0.2, -0.15) is 0 Å². The Kier molecular flexibility index (Phi) is 18.2. The smallest absolute Gasteiger partial charge is 0.252 e. The summed E-state index contributed by atoms with van der Waals surface area (Å²) < 4.78 is 2.35.